The summed E-state index contributed by atoms with van der Waals surface area (Å²) in [5.74, 6) is 0.361. The third-order valence-corrected chi connectivity index (χ3v) is 4.86. The van der Waals surface area contributed by atoms with Gasteiger partial charge in [-0.2, -0.15) is 0 Å². The molecule has 1 amide bonds. The summed E-state index contributed by atoms with van der Waals surface area (Å²) >= 11 is 0. The number of hydrogen-bond donors (Lipinski definition) is 0. The Morgan fingerprint density at radius 1 is 1.04 bits per heavy atom. The van der Waals surface area contributed by atoms with Gasteiger partial charge in [0.2, 0.25) is 0 Å². The molecule has 5 heteroatoms. The van der Waals surface area contributed by atoms with E-state index in [0.717, 1.165) is 35.1 Å². The topological polar surface area (TPSA) is 55.3 Å². The van der Waals surface area contributed by atoms with E-state index in [2.05, 4.69) is 17.1 Å². The van der Waals surface area contributed by atoms with Gasteiger partial charge >= 0.3 is 6.09 Å². The number of piperidine rings is 1. The molecule has 2 aromatic heterocycles. The van der Waals surface area contributed by atoms with E-state index in [-0.39, 0.29) is 6.09 Å². The van der Waals surface area contributed by atoms with E-state index in [1.54, 1.807) is 11.1 Å². The van der Waals surface area contributed by atoms with Crippen LogP contribution in [-0.4, -0.2) is 34.1 Å². The minimum absolute atomic E-state index is 0.236. The Kier molecular flexibility index (Phi) is 4.78. The molecule has 26 heavy (non-hydrogen) atoms. The molecule has 0 N–H and O–H groups in total. The number of ether oxygens (including phenoxy) is 1. The molecule has 3 aromatic rings. The number of carbonyl (C=O) groups is 1. The summed E-state index contributed by atoms with van der Waals surface area (Å²) in [6.45, 7) is 1.71. The number of pyridine rings is 2. The molecule has 132 valence electrons. The summed E-state index contributed by atoms with van der Waals surface area (Å²) < 4.78 is 5.43. The lowest BCUT2D eigenvalue weighted by Gasteiger charge is -2.31. The molecule has 1 aliphatic rings. The van der Waals surface area contributed by atoms with Gasteiger partial charge in [-0.25, -0.2) is 14.8 Å². The van der Waals surface area contributed by atoms with Crippen molar-refractivity contribution in [2.75, 3.05) is 13.1 Å². The van der Waals surface area contributed by atoms with Crippen molar-refractivity contribution in [3.63, 3.8) is 0 Å². The highest BCUT2D eigenvalue weighted by Crippen LogP contribution is 2.28. The molecule has 0 atom stereocenters. The highest BCUT2D eigenvalue weighted by molar-refractivity contribution is 5.74. The Morgan fingerprint density at radius 2 is 1.85 bits per heavy atom. The van der Waals surface area contributed by atoms with E-state index in [1.807, 2.05) is 42.5 Å². The first-order valence-corrected chi connectivity index (χ1v) is 8.97. The van der Waals surface area contributed by atoms with Crippen molar-refractivity contribution in [3.05, 3.63) is 72.1 Å². The van der Waals surface area contributed by atoms with Gasteiger partial charge in [0.05, 0.1) is 0 Å². The number of rotatable bonds is 3. The van der Waals surface area contributed by atoms with E-state index >= 15 is 0 Å². The molecule has 0 aliphatic carbocycles. The Labute approximate surface area is 152 Å². The van der Waals surface area contributed by atoms with Crippen LogP contribution in [0.5, 0.6) is 0 Å². The van der Waals surface area contributed by atoms with Crippen molar-refractivity contribution in [3.8, 4) is 0 Å². The third-order valence-electron chi connectivity index (χ3n) is 4.86. The summed E-state index contributed by atoms with van der Waals surface area (Å²) in [6.07, 6.45) is 3.32. The van der Waals surface area contributed by atoms with E-state index in [4.69, 9.17) is 9.72 Å². The van der Waals surface area contributed by atoms with E-state index < -0.39 is 0 Å². The Hall–Kier alpha value is -2.95. The van der Waals surface area contributed by atoms with Crippen LogP contribution in [0.1, 0.15) is 30.0 Å². The van der Waals surface area contributed by atoms with Gasteiger partial charge in [-0.05, 0) is 42.7 Å². The molecule has 5 nitrogen and oxygen atoms in total. The van der Waals surface area contributed by atoms with Gasteiger partial charge in [-0.3, -0.25) is 0 Å². The molecular weight excluding hydrogens is 326 g/mol. The molecule has 1 fully saturated rings. The summed E-state index contributed by atoms with van der Waals surface area (Å²) in [7, 11) is 0. The van der Waals surface area contributed by atoms with Gasteiger partial charge in [0, 0.05) is 36.3 Å². The number of aromatic nitrogens is 2. The maximum Gasteiger partial charge on any atom is 0.410 e. The average Bonchev–Trinajstić information content (AvgIpc) is 2.72. The van der Waals surface area contributed by atoms with Crippen LogP contribution in [0, 0.1) is 0 Å². The number of fused-ring (bicyclic) bond motifs is 1. The maximum atomic E-state index is 12.3. The lowest BCUT2D eigenvalue weighted by molar-refractivity contribution is 0.0868. The summed E-state index contributed by atoms with van der Waals surface area (Å²) in [6, 6.07) is 17.8. The monoisotopic (exact) mass is 347 g/mol. The van der Waals surface area contributed by atoms with Gasteiger partial charge in [0.25, 0.3) is 0 Å². The molecule has 4 rings (SSSR count). The molecule has 1 saturated heterocycles. The number of likely N-dealkylation sites (tertiary alicyclic amines) is 1. The second kappa shape index (κ2) is 7.52. The van der Waals surface area contributed by atoms with Crippen LogP contribution >= 0.6 is 0 Å². The van der Waals surface area contributed by atoms with Crippen molar-refractivity contribution in [2.24, 2.45) is 0 Å². The zero-order valence-corrected chi connectivity index (χ0v) is 14.5. The molecule has 3 heterocycles. The summed E-state index contributed by atoms with van der Waals surface area (Å²) in [4.78, 5) is 23.1. The Balaban J connectivity index is 1.33. The molecule has 0 spiro atoms. The fourth-order valence-corrected chi connectivity index (χ4v) is 3.36. The summed E-state index contributed by atoms with van der Waals surface area (Å²) in [5.41, 5.74) is 2.85. The lowest BCUT2D eigenvalue weighted by Crippen LogP contribution is -2.38. The molecular formula is C21H21N3O2. The molecule has 0 unspecified atom stereocenters. The normalized spacial score (nSPS) is 15.2. The highest BCUT2D eigenvalue weighted by atomic mass is 16.6. The minimum Gasteiger partial charge on any atom is -0.445 e. The van der Waals surface area contributed by atoms with E-state index in [0.29, 0.717) is 25.6 Å². The largest absolute Gasteiger partial charge is 0.445 e. The van der Waals surface area contributed by atoms with E-state index in [9.17, 15) is 4.79 Å². The van der Waals surface area contributed by atoms with Crippen LogP contribution in [0.3, 0.4) is 0 Å². The average molecular weight is 347 g/mol. The van der Waals surface area contributed by atoms with Crippen LogP contribution in [0.15, 0.2) is 60.8 Å². The van der Waals surface area contributed by atoms with E-state index in [1.165, 1.54) is 0 Å². The smallest absolute Gasteiger partial charge is 0.410 e. The third kappa shape index (κ3) is 3.67. The first-order valence-electron chi connectivity index (χ1n) is 8.97. The number of benzene rings is 1. The Bertz CT molecular complexity index is 890. The van der Waals surface area contributed by atoms with Crippen molar-refractivity contribution >= 4 is 17.1 Å². The first-order chi connectivity index (χ1) is 12.8. The number of hydrogen-bond acceptors (Lipinski definition) is 4. The fourth-order valence-electron chi connectivity index (χ4n) is 3.36. The van der Waals surface area contributed by atoms with Crippen LogP contribution in [0.4, 0.5) is 4.79 Å². The predicted octanol–water partition coefficient (Wildman–Crippen LogP) is 4.15. The van der Waals surface area contributed by atoms with Crippen LogP contribution in [0.2, 0.25) is 0 Å². The lowest BCUT2D eigenvalue weighted by atomic mass is 9.93. The standard InChI is InChI=1S/C21H21N3O2/c25-21(26-15-16-5-2-1-3-6-16)24-13-10-17(11-14-24)19-9-8-18-7-4-12-22-20(18)23-19/h1-9,12,17H,10-11,13-15H2. The maximum absolute atomic E-state index is 12.3. The zero-order chi connectivity index (χ0) is 17.8. The zero-order valence-electron chi connectivity index (χ0n) is 14.5. The van der Waals surface area contributed by atoms with Crippen molar-refractivity contribution in [1.29, 1.82) is 0 Å². The number of carbonyl (C=O) groups excluding carboxylic acids is 1. The molecule has 0 bridgehead atoms. The van der Waals surface area contributed by atoms with Gasteiger partial charge < -0.3 is 9.64 Å². The van der Waals surface area contributed by atoms with Crippen molar-refractivity contribution in [2.45, 2.75) is 25.4 Å². The Morgan fingerprint density at radius 3 is 2.65 bits per heavy atom. The quantitative estimate of drug-likeness (QED) is 0.714. The molecule has 0 radical (unpaired) electrons. The first kappa shape index (κ1) is 16.5. The van der Waals surface area contributed by atoms with Crippen molar-refractivity contribution in [1.82, 2.24) is 14.9 Å². The second-order valence-corrected chi connectivity index (χ2v) is 6.59. The van der Waals surface area contributed by atoms with Crippen LogP contribution in [0.25, 0.3) is 11.0 Å². The van der Waals surface area contributed by atoms with Gasteiger partial charge in [-0.15, -0.1) is 0 Å². The summed E-state index contributed by atoms with van der Waals surface area (Å²) in [5, 5.41) is 1.05. The molecule has 0 saturated carbocycles. The van der Waals surface area contributed by atoms with Crippen molar-refractivity contribution < 1.29 is 9.53 Å². The predicted molar refractivity (Wildman–Crippen MR) is 99.7 cm³/mol. The minimum atomic E-state index is -0.236. The number of amides is 1. The number of nitrogens with zero attached hydrogens (tertiary/aromatic N) is 3. The SMILES string of the molecule is O=C(OCc1ccccc1)N1CCC(c2ccc3cccnc3n2)CC1. The van der Waals surface area contributed by atoms with Gasteiger partial charge in [0.1, 0.15) is 6.61 Å². The van der Waals surface area contributed by atoms with Gasteiger partial charge in [0.15, 0.2) is 5.65 Å². The van der Waals surface area contributed by atoms with Crippen LogP contribution in [-0.2, 0) is 11.3 Å². The highest BCUT2D eigenvalue weighted by Gasteiger charge is 2.25. The fraction of sp³-hybridized carbons (Fsp3) is 0.286. The molecule has 1 aromatic carbocycles. The van der Waals surface area contributed by atoms with Gasteiger partial charge in [-0.1, -0.05) is 30.3 Å². The van der Waals surface area contributed by atoms with Crippen LogP contribution < -0.4 is 0 Å². The second-order valence-electron chi connectivity index (χ2n) is 6.59. The molecule has 1 aliphatic heterocycles.